The number of hydrogen-bond acceptors (Lipinski definition) is 5. The van der Waals surface area contributed by atoms with Crippen molar-refractivity contribution in [2.45, 2.75) is 24.8 Å². The van der Waals surface area contributed by atoms with Gasteiger partial charge in [0.05, 0.1) is 17.9 Å². The fourth-order valence-corrected chi connectivity index (χ4v) is 3.47. The number of carbonyl (C=O) groups is 1. The van der Waals surface area contributed by atoms with Gasteiger partial charge >= 0.3 is 6.18 Å². The molecule has 0 bridgehead atoms. The van der Waals surface area contributed by atoms with E-state index >= 15 is 0 Å². The van der Waals surface area contributed by atoms with E-state index < -0.39 is 11.7 Å². The highest BCUT2D eigenvalue weighted by molar-refractivity contribution is 7.99. The van der Waals surface area contributed by atoms with Crippen molar-refractivity contribution in [3.63, 3.8) is 0 Å². The first kappa shape index (κ1) is 22.4. The van der Waals surface area contributed by atoms with E-state index in [0.717, 1.165) is 17.7 Å². The van der Waals surface area contributed by atoms with Crippen LogP contribution in [0.25, 0.3) is 11.4 Å². The summed E-state index contributed by atoms with van der Waals surface area (Å²) in [6.07, 6.45) is -1.07. The summed E-state index contributed by atoms with van der Waals surface area (Å²) in [6, 6.07) is 8.41. The Hall–Kier alpha value is -3.32. The molecule has 10 heteroatoms. The number of nitrogens with zero attached hydrogens (tertiary/aromatic N) is 4. The molecule has 2 aromatic heterocycles. The van der Waals surface area contributed by atoms with E-state index in [2.05, 4.69) is 32.3 Å². The van der Waals surface area contributed by atoms with Crippen molar-refractivity contribution in [2.24, 2.45) is 0 Å². The van der Waals surface area contributed by atoms with Crippen molar-refractivity contribution in [3.8, 4) is 23.2 Å². The van der Waals surface area contributed by atoms with Gasteiger partial charge in [0, 0.05) is 30.1 Å². The Morgan fingerprint density at radius 3 is 2.68 bits per heavy atom. The monoisotopic (exact) mass is 445 g/mol. The number of nitrogens with one attached hydrogen (secondary N) is 1. The van der Waals surface area contributed by atoms with Crippen LogP contribution in [0.15, 0.2) is 53.9 Å². The zero-order valence-corrected chi connectivity index (χ0v) is 17.3. The molecule has 6 nitrogen and oxygen atoms in total. The summed E-state index contributed by atoms with van der Waals surface area (Å²) in [7, 11) is 0. The third-order valence-corrected chi connectivity index (χ3v) is 5.07. The molecule has 160 valence electrons. The minimum atomic E-state index is -4.42. The molecule has 0 aliphatic heterocycles. The first-order valence-electron chi connectivity index (χ1n) is 9.27. The van der Waals surface area contributed by atoms with E-state index in [0.29, 0.717) is 17.5 Å². The second-order valence-electron chi connectivity index (χ2n) is 6.23. The van der Waals surface area contributed by atoms with Crippen LogP contribution in [-0.2, 0) is 17.5 Å². The number of benzene rings is 1. The molecule has 3 rings (SSSR count). The van der Waals surface area contributed by atoms with Crippen LogP contribution in [0.2, 0.25) is 0 Å². The maximum absolute atomic E-state index is 12.7. The zero-order valence-electron chi connectivity index (χ0n) is 16.5. The lowest BCUT2D eigenvalue weighted by Gasteiger charge is -2.07. The van der Waals surface area contributed by atoms with Crippen molar-refractivity contribution in [3.05, 3.63) is 59.9 Å². The molecule has 1 N–H and O–H groups in total. The maximum atomic E-state index is 12.7. The van der Waals surface area contributed by atoms with E-state index in [1.54, 1.807) is 12.4 Å². The summed E-state index contributed by atoms with van der Waals surface area (Å²) in [4.78, 5) is 16.1. The van der Waals surface area contributed by atoms with Gasteiger partial charge in [-0.2, -0.15) is 13.2 Å². The lowest BCUT2D eigenvalue weighted by atomic mass is 10.1. The van der Waals surface area contributed by atoms with Gasteiger partial charge in [0.25, 0.3) is 0 Å². The Morgan fingerprint density at radius 1 is 1.19 bits per heavy atom. The van der Waals surface area contributed by atoms with Gasteiger partial charge in [-0.3, -0.25) is 9.78 Å². The number of amides is 1. The predicted molar refractivity (Wildman–Crippen MR) is 111 cm³/mol. The minimum Gasteiger partial charge on any atom is -0.344 e. The second kappa shape index (κ2) is 10.1. The molecule has 0 saturated heterocycles. The molecule has 0 aliphatic rings. The molecule has 2 heterocycles. The summed E-state index contributed by atoms with van der Waals surface area (Å²) in [5.74, 6) is 5.82. The van der Waals surface area contributed by atoms with Gasteiger partial charge in [-0.05, 0) is 37.3 Å². The second-order valence-corrected chi connectivity index (χ2v) is 7.17. The fourth-order valence-electron chi connectivity index (χ4n) is 2.64. The van der Waals surface area contributed by atoms with Gasteiger partial charge in [-0.1, -0.05) is 29.7 Å². The van der Waals surface area contributed by atoms with Gasteiger partial charge in [0.1, 0.15) is 0 Å². The van der Waals surface area contributed by atoms with Crippen LogP contribution in [0.1, 0.15) is 18.1 Å². The van der Waals surface area contributed by atoms with E-state index in [1.807, 2.05) is 23.6 Å². The standard InChI is InChI=1S/C21H18F3N5OS/c1-2-29-19(16-8-11-25-12-9-16)27-28-20(29)31-14-18(30)26-10-4-6-15-5-3-7-17(13-15)21(22,23)24/h3,5,7-9,11-13H,2,10,14H2,1H3,(H,26,30). The third kappa shape index (κ3) is 6.08. The molecule has 0 spiro atoms. The van der Waals surface area contributed by atoms with Crippen molar-refractivity contribution < 1.29 is 18.0 Å². The highest BCUT2D eigenvalue weighted by atomic mass is 32.2. The quantitative estimate of drug-likeness (QED) is 0.463. The summed E-state index contributed by atoms with van der Waals surface area (Å²) in [6.45, 7) is 2.62. The number of alkyl halides is 3. The lowest BCUT2D eigenvalue weighted by molar-refractivity contribution is -0.137. The van der Waals surface area contributed by atoms with Crippen molar-refractivity contribution in [2.75, 3.05) is 12.3 Å². The fraction of sp³-hybridized carbons (Fsp3) is 0.238. The largest absolute Gasteiger partial charge is 0.416 e. The Labute approximate surface area is 181 Å². The normalized spacial score (nSPS) is 11.0. The van der Waals surface area contributed by atoms with Gasteiger partial charge in [0.15, 0.2) is 11.0 Å². The van der Waals surface area contributed by atoms with Crippen LogP contribution in [0.4, 0.5) is 13.2 Å². The van der Waals surface area contributed by atoms with E-state index in [-0.39, 0.29) is 23.8 Å². The average Bonchev–Trinajstić information content (AvgIpc) is 3.18. The number of carbonyl (C=O) groups excluding carboxylic acids is 1. The summed E-state index contributed by atoms with van der Waals surface area (Å²) in [5, 5.41) is 11.6. The van der Waals surface area contributed by atoms with Crippen molar-refractivity contribution in [1.29, 1.82) is 0 Å². The highest BCUT2D eigenvalue weighted by Crippen LogP contribution is 2.29. The molecule has 0 atom stereocenters. The van der Waals surface area contributed by atoms with Gasteiger partial charge in [-0.25, -0.2) is 0 Å². The lowest BCUT2D eigenvalue weighted by Crippen LogP contribution is -2.25. The SMILES string of the molecule is CCn1c(SCC(=O)NCC#Cc2cccc(C(F)(F)F)c2)nnc1-c1ccncc1. The van der Waals surface area contributed by atoms with Crippen LogP contribution < -0.4 is 5.32 Å². The zero-order chi connectivity index (χ0) is 22.3. The number of hydrogen-bond donors (Lipinski definition) is 1. The number of pyridine rings is 1. The predicted octanol–water partition coefficient (Wildman–Crippen LogP) is 3.64. The molecular formula is C21H18F3N5OS. The van der Waals surface area contributed by atoms with Crippen LogP contribution in [-0.4, -0.2) is 38.0 Å². The molecule has 31 heavy (non-hydrogen) atoms. The summed E-state index contributed by atoms with van der Waals surface area (Å²) < 4.78 is 40.1. The molecule has 1 aromatic carbocycles. The van der Waals surface area contributed by atoms with Gasteiger partial charge in [-0.15, -0.1) is 10.2 Å². The third-order valence-electron chi connectivity index (χ3n) is 4.10. The van der Waals surface area contributed by atoms with E-state index in [9.17, 15) is 18.0 Å². The molecule has 3 aromatic rings. The smallest absolute Gasteiger partial charge is 0.344 e. The molecule has 0 unspecified atom stereocenters. The van der Waals surface area contributed by atoms with Crippen LogP contribution in [0.3, 0.4) is 0 Å². The molecule has 0 fully saturated rings. The average molecular weight is 445 g/mol. The molecule has 1 amide bonds. The Bertz CT molecular complexity index is 1100. The summed E-state index contributed by atoms with van der Waals surface area (Å²) in [5.41, 5.74) is 0.356. The Kier molecular flexibility index (Phi) is 7.31. The Balaban J connectivity index is 1.53. The maximum Gasteiger partial charge on any atom is 0.416 e. The number of rotatable bonds is 6. The van der Waals surface area contributed by atoms with E-state index in [4.69, 9.17) is 0 Å². The molecular weight excluding hydrogens is 427 g/mol. The topological polar surface area (TPSA) is 72.7 Å². The highest BCUT2D eigenvalue weighted by Gasteiger charge is 2.30. The number of aromatic nitrogens is 4. The van der Waals surface area contributed by atoms with Crippen LogP contribution >= 0.6 is 11.8 Å². The van der Waals surface area contributed by atoms with Crippen LogP contribution in [0, 0.1) is 11.8 Å². The van der Waals surface area contributed by atoms with Crippen molar-refractivity contribution >= 4 is 17.7 Å². The molecule has 0 aliphatic carbocycles. The van der Waals surface area contributed by atoms with Gasteiger partial charge in [0.2, 0.25) is 5.91 Å². The molecule has 0 radical (unpaired) electrons. The van der Waals surface area contributed by atoms with Crippen LogP contribution in [0.5, 0.6) is 0 Å². The van der Waals surface area contributed by atoms with Gasteiger partial charge < -0.3 is 9.88 Å². The number of halogens is 3. The first-order chi connectivity index (χ1) is 14.9. The summed E-state index contributed by atoms with van der Waals surface area (Å²) >= 11 is 1.24. The Morgan fingerprint density at radius 2 is 1.97 bits per heavy atom. The van der Waals surface area contributed by atoms with Crippen molar-refractivity contribution in [1.82, 2.24) is 25.1 Å². The first-order valence-corrected chi connectivity index (χ1v) is 10.3. The molecule has 0 saturated carbocycles. The number of thioether (sulfide) groups is 1. The minimum absolute atomic E-state index is 0.0262. The van der Waals surface area contributed by atoms with E-state index in [1.165, 1.54) is 23.9 Å².